The molecule has 1 amide bonds. The average molecular weight is 361 g/mol. The first-order valence-electron chi connectivity index (χ1n) is 8.67. The maximum Gasteiger partial charge on any atom is 0.275 e. The third-order valence-corrected chi connectivity index (χ3v) is 4.59. The Bertz CT molecular complexity index is 1220. The Morgan fingerprint density at radius 2 is 1.96 bits per heavy atom. The van der Waals surface area contributed by atoms with Crippen molar-refractivity contribution in [1.82, 2.24) is 24.9 Å². The van der Waals surface area contributed by atoms with Crippen molar-refractivity contribution < 1.29 is 4.79 Å². The van der Waals surface area contributed by atoms with Gasteiger partial charge in [-0.15, -0.1) is 0 Å². The lowest BCUT2D eigenvalue weighted by Crippen LogP contribution is -2.33. The monoisotopic (exact) mass is 361 g/mol. The first kappa shape index (κ1) is 17.0. The molecule has 4 rings (SSSR count). The van der Waals surface area contributed by atoms with E-state index in [4.69, 9.17) is 0 Å². The van der Waals surface area contributed by atoms with Crippen LogP contribution < -0.4 is 10.9 Å². The van der Waals surface area contributed by atoms with Crippen molar-refractivity contribution in [2.45, 2.75) is 20.0 Å². The molecule has 0 atom stereocenters. The SMILES string of the molecule is Cc1ccc2c(c1)c(CNC(=O)Cn1ncc3ccccc3c1=O)nn2C. The minimum atomic E-state index is -0.286. The van der Waals surface area contributed by atoms with E-state index < -0.39 is 0 Å². The predicted octanol–water partition coefficient (Wildman–Crippen LogP) is 1.91. The zero-order valence-electron chi connectivity index (χ0n) is 15.1. The highest BCUT2D eigenvalue weighted by atomic mass is 16.2. The van der Waals surface area contributed by atoms with Crippen LogP contribution >= 0.6 is 0 Å². The summed E-state index contributed by atoms with van der Waals surface area (Å²) in [6.07, 6.45) is 1.60. The fraction of sp³-hybridized carbons (Fsp3) is 0.200. The van der Waals surface area contributed by atoms with Gasteiger partial charge in [-0.25, -0.2) is 4.68 Å². The smallest absolute Gasteiger partial charge is 0.275 e. The highest BCUT2D eigenvalue weighted by Crippen LogP contribution is 2.19. The number of nitrogens with one attached hydrogen (secondary N) is 1. The molecule has 0 fully saturated rings. The van der Waals surface area contributed by atoms with E-state index in [0.717, 1.165) is 27.5 Å². The van der Waals surface area contributed by atoms with E-state index in [0.29, 0.717) is 11.9 Å². The first-order valence-corrected chi connectivity index (χ1v) is 8.67. The van der Waals surface area contributed by atoms with Crippen LogP contribution in [0.25, 0.3) is 21.7 Å². The summed E-state index contributed by atoms with van der Waals surface area (Å²) in [6.45, 7) is 2.18. The van der Waals surface area contributed by atoms with E-state index in [1.807, 2.05) is 38.2 Å². The number of carbonyl (C=O) groups excluding carboxylic acids is 1. The minimum absolute atomic E-state index is 0.131. The van der Waals surface area contributed by atoms with Gasteiger partial charge in [0.25, 0.3) is 5.56 Å². The molecule has 0 saturated heterocycles. The van der Waals surface area contributed by atoms with Crippen molar-refractivity contribution in [3.05, 3.63) is 70.3 Å². The van der Waals surface area contributed by atoms with E-state index in [2.05, 4.69) is 21.6 Å². The Morgan fingerprint density at radius 1 is 1.15 bits per heavy atom. The van der Waals surface area contributed by atoms with Crippen molar-refractivity contribution >= 4 is 27.6 Å². The Labute approximate surface area is 155 Å². The topological polar surface area (TPSA) is 81.8 Å². The van der Waals surface area contributed by atoms with Crippen LogP contribution in [0.1, 0.15) is 11.3 Å². The third-order valence-electron chi connectivity index (χ3n) is 4.59. The van der Waals surface area contributed by atoms with Gasteiger partial charge in [0.15, 0.2) is 0 Å². The molecule has 27 heavy (non-hydrogen) atoms. The lowest BCUT2D eigenvalue weighted by atomic mass is 10.1. The Hall–Kier alpha value is -3.48. The van der Waals surface area contributed by atoms with Crippen LogP contribution in [0.5, 0.6) is 0 Å². The van der Waals surface area contributed by atoms with Gasteiger partial charge in [0.05, 0.1) is 29.3 Å². The van der Waals surface area contributed by atoms with Crippen molar-refractivity contribution in [3.8, 4) is 0 Å². The maximum atomic E-state index is 12.5. The molecule has 2 heterocycles. The Kier molecular flexibility index (Phi) is 4.19. The lowest BCUT2D eigenvalue weighted by Gasteiger charge is -2.07. The average Bonchev–Trinajstić information content (AvgIpc) is 2.97. The van der Waals surface area contributed by atoms with Crippen LogP contribution in [0.3, 0.4) is 0 Å². The molecular formula is C20H19N5O2. The minimum Gasteiger partial charge on any atom is -0.349 e. The summed E-state index contributed by atoms with van der Waals surface area (Å²) in [6, 6.07) is 13.3. The molecule has 2 aromatic heterocycles. The van der Waals surface area contributed by atoms with E-state index in [9.17, 15) is 9.59 Å². The molecule has 136 valence electrons. The summed E-state index contributed by atoms with van der Waals surface area (Å²) < 4.78 is 2.98. The lowest BCUT2D eigenvalue weighted by molar-refractivity contribution is -0.122. The molecule has 1 N–H and O–H groups in total. The van der Waals surface area contributed by atoms with E-state index in [1.54, 1.807) is 23.0 Å². The second kappa shape index (κ2) is 6.68. The fourth-order valence-corrected chi connectivity index (χ4v) is 3.20. The van der Waals surface area contributed by atoms with Crippen molar-refractivity contribution in [1.29, 1.82) is 0 Å². The summed E-state index contributed by atoms with van der Waals surface area (Å²) in [7, 11) is 1.88. The standard InChI is InChI=1S/C20H19N5O2/c1-13-7-8-18-16(9-13)17(23-24(18)2)11-21-19(26)12-25-20(27)15-6-4-3-5-14(15)10-22-25/h3-10H,11-12H2,1-2H3,(H,21,26). The largest absolute Gasteiger partial charge is 0.349 e. The van der Waals surface area contributed by atoms with Gasteiger partial charge >= 0.3 is 0 Å². The summed E-state index contributed by atoms with van der Waals surface area (Å²) >= 11 is 0. The molecule has 7 heteroatoms. The van der Waals surface area contributed by atoms with Crippen LogP contribution in [-0.2, 0) is 24.9 Å². The van der Waals surface area contributed by atoms with Crippen LogP contribution in [0, 0.1) is 6.92 Å². The predicted molar refractivity (Wildman–Crippen MR) is 103 cm³/mol. The number of aryl methyl sites for hydroxylation is 2. The van der Waals surface area contributed by atoms with Gasteiger partial charge < -0.3 is 5.32 Å². The molecule has 0 aliphatic heterocycles. The highest BCUT2D eigenvalue weighted by Gasteiger charge is 2.12. The summed E-state index contributed by atoms with van der Waals surface area (Å²) in [5, 5.41) is 13.7. The van der Waals surface area contributed by atoms with Crippen LogP contribution in [0.15, 0.2) is 53.5 Å². The van der Waals surface area contributed by atoms with Gasteiger partial charge in [-0.2, -0.15) is 10.2 Å². The number of carbonyl (C=O) groups is 1. The third kappa shape index (κ3) is 3.19. The molecular weight excluding hydrogens is 342 g/mol. The normalized spacial score (nSPS) is 11.2. The number of hydrogen-bond acceptors (Lipinski definition) is 4. The Balaban J connectivity index is 1.52. The van der Waals surface area contributed by atoms with E-state index >= 15 is 0 Å². The molecule has 0 aliphatic carbocycles. The van der Waals surface area contributed by atoms with E-state index in [1.165, 1.54) is 4.68 Å². The molecule has 0 unspecified atom stereocenters. The van der Waals surface area contributed by atoms with Gasteiger partial charge in [0.1, 0.15) is 6.54 Å². The second-order valence-corrected chi connectivity index (χ2v) is 6.56. The van der Waals surface area contributed by atoms with Crippen molar-refractivity contribution in [3.63, 3.8) is 0 Å². The van der Waals surface area contributed by atoms with Crippen molar-refractivity contribution in [2.24, 2.45) is 7.05 Å². The number of fused-ring (bicyclic) bond motifs is 2. The molecule has 0 radical (unpaired) electrons. The molecule has 0 aliphatic rings. The number of rotatable bonds is 4. The zero-order valence-corrected chi connectivity index (χ0v) is 15.1. The summed E-state index contributed by atoms with van der Waals surface area (Å²) in [4.78, 5) is 24.8. The Morgan fingerprint density at radius 3 is 2.81 bits per heavy atom. The zero-order chi connectivity index (χ0) is 19.0. The molecule has 0 bridgehead atoms. The second-order valence-electron chi connectivity index (χ2n) is 6.56. The van der Waals surface area contributed by atoms with Crippen LogP contribution in [0.4, 0.5) is 0 Å². The number of nitrogens with zero attached hydrogens (tertiary/aromatic N) is 4. The number of amides is 1. The van der Waals surface area contributed by atoms with E-state index in [-0.39, 0.29) is 18.0 Å². The van der Waals surface area contributed by atoms with Gasteiger partial charge in [0, 0.05) is 17.8 Å². The molecule has 2 aromatic carbocycles. The first-order chi connectivity index (χ1) is 13.0. The van der Waals surface area contributed by atoms with Gasteiger partial charge in [0.2, 0.25) is 5.91 Å². The number of aromatic nitrogens is 4. The molecule has 4 aromatic rings. The number of benzene rings is 2. The van der Waals surface area contributed by atoms with Gasteiger partial charge in [-0.3, -0.25) is 14.3 Å². The molecule has 7 nitrogen and oxygen atoms in total. The maximum absolute atomic E-state index is 12.5. The van der Waals surface area contributed by atoms with Crippen LogP contribution in [-0.4, -0.2) is 25.5 Å². The van der Waals surface area contributed by atoms with Gasteiger partial charge in [-0.05, 0) is 25.1 Å². The molecule has 0 spiro atoms. The number of hydrogen-bond donors (Lipinski definition) is 1. The van der Waals surface area contributed by atoms with Crippen molar-refractivity contribution in [2.75, 3.05) is 0 Å². The highest BCUT2D eigenvalue weighted by molar-refractivity contribution is 5.84. The van der Waals surface area contributed by atoms with Crippen LogP contribution in [0.2, 0.25) is 0 Å². The van der Waals surface area contributed by atoms with Gasteiger partial charge in [-0.1, -0.05) is 29.8 Å². The quantitative estimate of drug-likeness (QED) is 0.602. The molecule has 0 saturated carbocycles. The fourth-order valence-electron chi connectivity index (χ4n) is 3.20. The summed E-state index contributed by atoms with van der Waals surface area (Å²) in [5.41, 5.74) is 2.66. The summed E-state index contributed by atoms with van der Waals surface area (Å²) in [5.74, 6) is -0.286.